The Morgan fingerprint density at radius 2 is 1.59 bits per heavy atom. The number of alkyl halides is 2. The summed E-state index contributed by atoms with van der Waals surface area (Å²) in [7, 11) is -4.75. The predicted octanol–water partition coefficient (Wildman–Crippen LogP) is 5.04. The Labute approximate surface area is 197 Å². The maximum atomic E-state index is 13.5. The van der Waals surface area contributed by atoms with Crippen LogP contribution < -0.4 is 5.32 Å². The lowest BCUT2D eigenvalue weighted by Crippen LogP contribution is -2.33. The van der Waals surface area contributed by atoms with Crippen LogP contribution in [-0.2, 0) is 21.2 Å². The average molecular weight is 487 g/mol. The highest BCUT2D eigenvalue weighted by atomic mass is 32.2. The summed E-state index contributed by atoms with van der Waals surface area (Å²) >= 11 is 0. The summed E-state index contributed by atoms with van der Waals surface area (Å²) < 4.78 is 49.1. The normalized spacial score (nSPS) is 12.3. The maximum absolute atomic E-state index is 13.5. The lowest BCUT2D eigenvalue weighted by molar-refractivity contribution is -0.114. The van der Waals surface area contributed by atoms with Gasteiger partial charge in [-0.1, -0.05) is 42.5 Å². The van der Waals surface area contributed by atoms with Crippen LogP contribution in [0.2, 0.25) is 0 Å². The van der Waals surface area contributed by atoms with Gasteiger partial charge in [-0.15, -0.1) is 0 Å². The van der Waals surface area contributed by atoms with Crippen LogP contribution in [0.25, 0.3) is 0 Å². The Morgan fingerprint density at radius 1 is 0.941 bits per heavy atom. The second-order valence-electron chi connectivity index (χ2n) is 7.73. The third kappa shape index (κ3) is 5.85. The van der Waals surface area contributed by atoms with Gasteiger partial charge in [-0.2, -0.15) is 8.78 Å². The van der Waals surface area contributed by atoms with Crippen LogP contribution in [0.4, 0.5) is 14.5 Å². The number of benzene rings is 3. The molecule has 3 rings (SSSR count). The maximum Gasteiger partial charge on any atom is 0.341 e. The van der Waals surface area contributed by atoms with Crippen molar-refractivity contribution < 1.29 is 26.8 Å². The molecule has 0 spiro atoms. The fraction of sp³-hybridized carbons (Fsp3) is 0.200. The van der Waals surface area contributed by atoms with Gasteiger partial charge >= 0.3 is 5.76 Å². The van der Waals surface area contributed by atoms with Crippen LogP contribution in [0.5, 0.6) is 0 Å². The van der Waals surface area contributed by atoms with E-state index in [9.17, 15) is 26.8 Å². The molecule has 0 saturated heterocycles. The van der Waals surface area contributed by atoms with Gasteiger partial charge < -0.3 is 10.2 Å². The van der Waals surface area contributed by atoms with E-state index in [1.54, 1.807) is 23.1 Å². The van der Waals surface area contributed by atoms with Gasteiger partial charge in [-0.3, -0.25) is 9.59 Å². The number of rotatable bonds is 8. The number of nitrogens with zero attached hydrogens (tertiary/aromatic N) is 1. The summed E-state index contributed by atoms with van der Waals surface area (Å²) in [5, 5.41) is 2.72. The second kappa shape index (κ2) is 10.6. The highest BCUT2D eigenvalue weighted by molar-refractivity contribution is 7.91. The molecule has 178 valence electrons. The molecule has 0 unspecified atom stereocenters. The molecule has 6 nitrogen and oxygen atoms in total. The molecule has 0 radical (unpaired) electrons. The van der Waals surface area contributed by atoms with E-state index >= 15 is 0 Å². The Hall–Kier alpha value is -3.59. The molecule has 0 aliphatic carbocycles. The monoisotopic (exact) mass is 486 g/mol. The lowest BCUT2D eigenvalue weighted by Gasteiger charge is -2.30. The minimum Gasteiger partial charge on any atom is -0.328 e. The SMILES string of the molecule is CC(=O)Nc1cccc([C@H](C)N(Cc2ccccc2)C(=O)c2ccc(S(=O)(=O)C(F)F)cc2)c1. The number of hydrogen-bond acceptors (Lipinski definition) is 4. The van der Waals surface area contributed by atoms with E-state index in [0.29, 0.717) is 5.69 Å². The second-order valence-corrected chi connectivity index (χ2v) is 9.65. The molecule has 0 aliphatic heterocycles. The summed E-state index contributed by atoms with van der Waals surface area (Å²) in [6, 6.07) is 20.5. The number of nitrogens with one attached hydrogen (secondary N) is 1. The van der Waals surface area contributed by atoms with Crippen molar-refractivity contribution in [2.24, 2.45) is 0 Å². The molecule has 1 N–H and O–H groups in total. The molecule has 34 heavy (non-hydrogen) atoms. The molecular formula is C25H24F2N2O4S. The van der Waals surface area contributed by atoms with Crippen molar-refractivity contribution in [2.75, 3.05) is 5.32 Å². The number of carbonyl (C=O) groups excluding carboxylic acids is 2. The minimum absolute atomic E-state index is 0.161. The van der Waals surface area contributed by atoms with Crippen LogP contribution >= 0.6 is 0 Å². The van der Waals surface area contributed by atoms with E-state index in [-0.39, 0.29) is 18.0 Å². The van der Waals surface area contributed by atoms with Gasteiger partial charge in [-0.05, 0) is 54.4 Å². The van der Waals surface area contributed by atoms with Crippen molar-refractivity contribution in [2.45, 2.75) is 37.1 Å². The Morgan fingerprint density at radius 3 is 2.18 bits per heavy atom. The highest BCUT2D eigenvalue weighted by Gasteiger charge is 2.28. The summed E-state index contributed by atoms with van der Waals surface area (Å²) in [6.45, 7) is 3.49. The van der Waals surface area contributed by atoms with E-state index in [1.807, 2.05) is 43.3 Å². The molecule has 3 aromatic carbocycles. The standard InChI is InChI=1S/C25H24F2N2O4S/c1-17(21-9-6-10-22(15-21)28-18(2)30)29(16-19-7-4-3-5-8-19)24(31)20-11-13-23(14-12-20)34(32,33)25(26)27/h3-15,17,25H,16H2,1-2H3,(H,28,30)/t17-/m0/s1. The minimum atomic E-state index is -4.75. The van der Waals surface area contributed by atoms with Crippen molar-refractivity contribution >= 4 is 27.3 Å². The van der Waals surface area contributed by atoms with Crippen LogP contribution in [0.3, 0.4) is 0 Å². The molecule has 0 fully saturated rings. The molecular weight excluding hydrogens is 462 g/mol. The number of halogens is 2. The molecule has 2 amide bonds. The molecule has 0 heterocycles. The highest BCUT2D eigenvalue weighted by Crippen LogP contribution is 2.27. The quantitative estimate of drug-likeness (QED) is 0.483. The van der Waals surface area contributed by atoms with Gasteiger partial charge in [0.25, 0.3) is 5.91 Å². The third-order valence-electron chi connectivity index (χ3n) is 5.28. The Kier molecular flexibility index (Phi) is 7.78. The van der Waals surface area contributed by atoms with E-state index in [1.165, 1.54) is 19.1 Å². The van der Waals surface area contributed by atoms with E-state index in [0.717, 1.165) is 23.3 Å². The molecule has 0 aliphatic rings. The van der Waals surface area contributed by atoms with Crippen LogP contribution in [0.1, 0.15) is 41.4 Å². The molecule has 3 aromatic rings. The van der Waals surface area contributed by atoms with Crippen molar-refractivity contribution in [3.63, 3.8) is 0 Å². The third-order valence-corrected chi connectivity index (χ3v) is 6.68. The van der Waals surface area contributed by atoms with Crippen LogP contribution in [0.15, 0.2) is 83.8 Å². The Bertz CT molecular complexity index is 1260. The largest absolute Gasteiger partial charge is 0.341 e. The Balaban J connectivity index is 1.96. The van der Waals surface area contributed by atoms with Crippen molar-refractivity contribution in [3.05, 3.63) is 95.6 Å². The van der Waals surface area contributed by atoms with Gasteiger partial charge in [-0.25, -0.2) is 8.42 Å². The van der Waals surface area contributed by atoms with Crippen molar-refractivity contribution in [3.8, 4) is 0 Å². The number of sulfone groups is 1. The zero-order valence-electron chi connectivity index (χ0n) is 18.6. The van der Waals surface area contributed by atoms with Crippen LogP contribution in [0, 0.1) is 0 Å². The fourth-order valence-electron chi connectivity index (χ4n) is 3.48. The first-order valence-electron chi connectivity index (χ1n) is 10.4. The van der Waals surface area contributed by atoms with Crippen molar-refractivity contribution in [1.82, 2.24) is 4.90 Å². The first-order chi connectivity index (χ1) is 16.1. The van der Waals surface area contributed by atoms with Crippen molar-refractivity contribution in [1.29, 1.82) is 0 Å². The fourth-order valence-corrected chi connectivity index (χ4v) is 4.20. The number of amides is 2. The van der Waals surface area contributed by atoms with Gasteiger partial charge in [0.05, 0.1) is 10.9 Å². The number of hydrogen-bond donors (Lipinski definition) is 1. The molecule has 0 bridgehead atoms. The van der Waals surface area contributed by atoms with Crippen LogP contribution in [-0.4, -0.2) is 30.9 Å². The molecule has 0 aromatic heterocycles. The zero-order chi connectivity index (χ0) is 24.9. The van der Waals surface area contributed by atoms with Gasteiger partial charge in [0, 0.05) is 24.7 Å². The zero-order valence-corrected chi connectivity index (χ0v) is 19.4. The first kappa shape index (κ1) is 25.0. The first-order valence-corrected chi connectivity index (χ1v) is 12.0. The smallest absolute Gasteiger partial charge is 0.328 e. The number of anilines is 1. The number of carbonyl (C=O) groups is 2. The lowest BCUT2D eigenvalue weighted by atomic mass is 10.0. The van der Waals surface area contributed by atoms with E-state index in [2.05, 4.69) is 5.32 Å². The topological polar surface area (TPSA) is 83.6 Å². The average Bonchev–Trinajstić information content (AvgIpc) is 2.82. The summed E-state index contributed by atoms with van der Waals surface area (Å²) in [5.41, 5.74) is 2.39. The van der Waals surface area contributed by atoms with E-state index in [4.69, 9.17) is 0 Å². The predicted molar refractivity (Wildman–Crippen MR) is 125 cm³/mol. The summed E-state index contributed by atoms with van der Waals surface area (Å²) in [4.78, 5) is 26.0. The van der Waals surface area contributed by atoms with Gasteiger partial charge in [0.15, 0.2) is 0 Å². The summed E-state index contributed by atoms with van der Waals surface area (Å²) in [6.07, 6.45) is 0. The molecule has 0 saturated carbocycles. The van der Waals surface area contributed by atoms with Gasteiger partial charge in [0.1, 0.15) is 0 Å². The van der Waals surface area contributed by atoms with Gasteiger partial charge in [0.2, 0.25) is 15.7 Å². The molecule has 1 atom stereocenters. The summed E-state index contributed by atoms with van der Waals surface area (Å²) in [5.74, 6) is -4.16. The molecule has 9 heteroatoms. The van der Waals surface area contributed by atoms with E-state index < -0.39 is 32.4 Å².